The molecule has 13 heteroatoms. The maximum absolute atomic E-state index is 12.8. The first-order chi connectivity index (χ1) is 13.3. The Morgan fingerprint density at radius 3 is 2.72 bits per heavy atom. The van der Waals surface area contributed by atoms with Gasteiger partial charge in [-0.1, -0.05) is 6.07 Å². The molecule has 4 N–H and O–H groups in total. The second-order valence-corrected chi connectivity index (χ2v) is 8.22. The summed E-state index contributed by atoms with van der Waals surface area (Å²) in [4.78, 5) is 49.6. The van der Waals surface area contributed by atoms with E-state index >= 15 is 0 Å². The third-order valence-corrected chi connectivity index (χ3v) is 6.55. The van der Waals surface area contributed by atoms with Gasteiger partial charge in [-0.25, -0.2) is 5.43 Å². The van der Waals surface area contributed by atoms with Crippen LogP contribution in [0.25, 0.3) is 0 Å². The minimum atomic E-state index is -1.63. The van der Waals surface area contributed by atoms with Crippen molar-refractivity contribution in [3.63, 3.8) is 0 Å². The van der Waals surface area contributed by atoms with Crippen molar-refractivity contribution in [3.05, 3.63) is 33.7 Å². The van der Waals surface area contributed by atoms with Gasteiger partial charge in [0.05, 0.1) is 18.1 Å². The molecule has 1 aromatic heterocycles. The number of nitrogens with one attached hydrogen (secondary N) is 2. The van der Waals surface area contributed by atoms with Crippen LogP contribution in [0.15, 0.2) is 28.8 Å². The van der Waals surface area contributed by atoms with Gasteiger partial charge in [-0.3, -0.25) is 25.1 Å². The van der Waals surface area contributed by atoms with E-state index < -0.39 is 34.8 Å². The second-order valence-electron chi connectivity index (χ2n) is 6.12. The zero-order valence-corrected chi connectivity index (χ0v) is 19.4. The Hall–Kier alpha value is -1.41. The van der Waals surface area contributed by atoms with Crippen LogP contribution in [-0.4, -0.2) is 52.0 Å². The van der Waals surface area contributed by atoms with Crippen molar-refractivity contribution < 1.29 is 58.6 Å². The number of aliphatic carboxylic acids is 1. The van der Waals surface area contributed by atoms with Crippen molar-refractivity contribution in [2.24, 2.45) is 5.84 Å². The number of carboxylic acids is 1. The van der Waals surface area contributed by atoms with Gasteiger partial charge in [0.1, 0.15) is 12.0 Å². The van der Waals surface area contributed by atoms with Crippen molar-refractivity contribution in [2.45, 2.75) is 24.4 Å². The number of thioether (sulfide) groups is 1. The molecule has 1 saturated heterocycles. The number of carbonyl (C=O) groups is 4. The average Bonchev–Trinajstić information content (AvgIpc) is 3.15. The van der Waals surface area contributed by atoms with Crippen LogP contribution in [0.3, 0.4) is 0 Å². The monoisotopic (exact) mass is 448 g/mol. The number of hydrogen-bond donors (Lipinski definition) is 3. The van der Waals surface area contributed by atoms with Gasteiger partial charge >= 0.3 is 35.5 Å². The number of β-lactam (4-membered cyclic amide) rings is 1. The maximum Gasteiger partial charge on any atom is 1.00 e. The van der Waals surface area contributed by atoms with Gasteiger partial charge in [0.25, 0.3) is 5.91 Å². The molecule has 10 nitrogen and oxygen atoms in total. The number of ether oxygens (including phenoxy) is 1. The summed E-state index contributed by atoms with van der Waals surface area (Å²) >= 11 is 2.59. The number of esters is 1. The normalized spacial score (nSPS) is 22.9. The number of carboxylic acid groups (broad SMARTS) is 1. The molecule has 2 aliphatic heterocycles. The number of carbonyl (C=O) groups excluding carboxylic acids is 4. The Labute approximate surface area is 196 Å². The minimum absolute atomic E-state index is 0. The summed E-state index contributed by atoms with van der Waals surface area (Å²) < 4.78 is 4.86. The topological polar surface area (TPSA) is 154 Å². The van der Waals surface area contributed by atoms with E-state index in [4.69, 9.17) is 10.6 Å². The summed E-state index contributed by atoms with van der Waals surface area (Å²) in [6, 6.07) is 3.59. The quantitative estimate of drug-likeness (QED) is 0.0929. The molecule has 0 saturated carbocycles. The number of thiophene rings is 1. The van der Waals surface area contributed by atoms with E-state index in [-0.39, 0.29) is 59.6 Å². The number of rotatable bonds is 7. The smallest absolute Gasteiger partial charge is 0.543 e. The molecule has 3 heterocycles. The van der Waals surface area contributed by atoms with Crippen LogP contribution in [-0.2, 0) is 30.3 Å². The Morgan fingerprint density at radius 2 is 2.17 bits per heavy atom. The molecule has 0 bridgehead atoms. The summed E-state index contributed by atoms with van der Waals surface area (Å²) in [6.07, 6.45) is 0.0622. The number of nitrogens with two attached hydrogens (primary N) is 1. The molecule has 2 aliphatic rings. The molecule has 2 atom stereocenters. The molecular formula is C16H17N4NaO6S2. The Kier molecular flexibility index (Phi) is 7.90. The third-order valence-electron chi connectivity index (χ3n) is 4.27. The third kappa shape index (κ3) is 4.53. The number of hydrogen-bond acceptors (Lipinski definition) is 10. The van der Waals surface area contributed by atoms with Gasteiger partial charge in [0, 0.05) is 23.1 Å². The zero-order valence-electron chi connectivity index (χ0n) is 15.7. The molecule has 0 spiro atoms. The van der Waals surface area contributed by atoms with Crippen LogP contribution in [0.1, 0.15) is 11.8 Å². The fourth-order valence-electron chi connectivity index (χ4n) is 3.03. The van der Waals surface area contributed by atoms with Crippen molar-refractivity contribution >= 4 is 46.9 Å². The number of amides is 2. The molecular weight excluding hydrogens is 431 g/mol. The largest absolute Gasteiger partial charge is 1.00 e. The second kappa shape index (κ2) is 9.60. The first-order valence-corrected chi connectivity index (χ1v) is 10.1. The summed E-state index contributed by atoms with van der Waals surface area (Å²) in [7, 11) is 0. The van der Waals surface area contributed by atoms with E-state index in [1.807, 2.05) is 5.38 Å². The summed E-state index contributed by atoms with van der Waals surface area (Å²) in [5.41, 5.74) is 0.574. The molecule has 3 rings (SSSR count). The van der Waals surface area contributed by atoms with E-state index in [1.165, 1.54) is 30.0 Å². The zero-order chi connectivity index (χ0) is 20.5. The van der Waals surface area contributed by atoms with E-state index in [1.54, 1.807) is 12.1 Å². The fourth-order valence-corrected chi connectivity index (χ4v) is 5.14. The molecule has 2 amide bonds. The number of fused-ring (bicyclic) bond motifs is 1. The van der Waals surface area contributed by atoms with Crippen LogP contribution in [0.5, 0.6) is 0 Å². The Morgan fingerprint density at radius 1 is 1.45 bits per heavy atom. The van der Waals surface area contributed by atoms with Crippen LogP contribution in [0.4, 0.5) is 0 Å². The number of nitrogens with zero attached hydrogens (tertiary/aromatic N) is 1. The first kappa shape index (κ1) is 23.9. The predicted octanol–water partition coefficient (Wildman–Crippen LogP) is -4.95. The van der Waals surface area contributed by atoms with Gasteiger partial charge in [0.2, 0.25) is 11.6 Å². The fraction of sp³-hybridized carbons (Fsp3) is 0.375. The van der Waals surface area contributed by atoms with Crippen LogP contribution in [0, 0.1) is 0 Å². The molecule has 0 unspecified atom stereocenters. The van der Waals surface area contributed by atoms with Gasteiger partial charge in [-0.2, -0.15) is 0 Å². The maximum atomic E-state index is 12.8. The molecule has 1 fully saturated rings. The number of hydrazine groups is 1. The van der Waals surface area contributed by atoms with Gasteiger partial charge in [-0.05, 0) is 11.4 Å². The summed E-state index contributed by atoms with van der Waals surface area (Å²) in [5.74, 6) is 2.42. The van der Waals surface area contributed by atoms with Gasteiger partial charge in [0.15, 0.2) is 0 Å². The van der Waals surface area contributed by atoms with Gasteiger partial charge in [-0.15, -0.1) is 23.1 Å². The molecule has 29 heavy (non-hydrogen) atoms. The van der Waals surface area contributed by atoms with E-state index in [0.29, 0.717) is 0 Å². The molecule has 150 valence electrons. The Balaban J connectivity index is 0.00000300. The van der Waals surface area contributed by atoms with Crippen molar-refractivity contribution in [1.29, 1.82) is 0 Å². The van der Waals surface area contributed by atoms with Crippen LogP contribution in [0.2, 0.25) is 0 Å². The van der Waals surface area contributed by atoms with Crippen molar-refractivity contribution in [2.75, 3.05) is 12.4 Å². The predicted molar refractivity (Wildman–Crippen MR) is 98.0 cm³/mol. The van der Waals surface area contributed by atoms with Gasteiger partial charge < -0.3 is 20.0 Å². The van der Waals surface area contributed by atoms with E-state index in [2.05, 4.69) is 10.7 Å². The summed E-state index contributed by atoms with van der Waals surface area (Å²) in [6.45, 7) is 0.926. The Bertz CT molecular complexity index is 862. The van der Waals surface area contributed by atoms with E-state index in [9.17, 15) is 24.3 Å². The minimum Gasteiger partial charge on any atom is -0.543 e. The first-order valence-electron chi connectivity index (χ1n) is 8.13. The van der Waals surface area contributed by atoms with Crippen LogP contribution >= 0.6 is 23.1 Å². The molecule has 0 aromatic carbocycles. The summed E-state index contributed by atoms with van der Waals surface area (Å²) in [5, 5.41) is 15.3. The standard InChI is InChI=1S/C16H18N4O6S2.Na/c1-8(21)26-6-9-7-28-15-16(19-17,14(25)20(15)12(9)13(23)24)18-11(22)5-10-3-2-4-27-10;/h2-4,15,19H,5-7,17H2,1H3,(H,18,22)(H,23,24);/q;+1/p-1/t15-,16+;/m1./s1. The van der Waals surface area contributed by atoms with Crippen molar-refractivity contribution in [3.8, 4) is 0 Å². The van der Waals surface area contributed by atoms with Crippen molar-refractivity contribution in [1.82, 2.24) is 15.6 Å². The average molecular weight is 448 g/mol. The molecule has 0 radical (unpaired) electrons. The molecule has 0 aliphatic carbocycles. The molecule has 1 aromatic rings. The SMILES string of the molecule is CC(=O)OCC1=C(C(=O)[O-])N2C(=O)[C@@](NN)(NC(=O)Cc3cccs3)[C@H]2SC1.[Na+]. The van der Waals surface area contributed by atoms with Crippen LogP contribution < -0.4 is 51.2 Å². The van der Waals surface area contributed by atoms with E-state index in [0.717, 1.165) is 9.78 Å².